The summed E-state index contributed by atoms with van der Waals surface area (Å²) >= 11 is 0. The molecular formula is C19H34N4O2. The Kier molecular flexibility index (Phi) is 8.66. The summed E-state index contributed by atoms with van der Waals surface area (Å²) in [5.41, 5.74) is 0. The summed E-state index contributed by atoms with van der Waals surface area (Å²) in [5, 5.41) is 8.91. The second kappa shape index (κ2) is 10.7. The molecular weight excluding hydrogens is 316 g/mol. The first-order chi connectivity index (χ1) is 12.1. The molecule has 1 saturated carbocycles. The van der Waals surface area contributed by atoms with Gasteiger partial charge < -0.3 is 9.64 Å². The van der Waals surface area contributed by atoms with Crippen LogP contribution in [0.1, 0.15) is 39.0 Å². The quantitative estimate of drug-likeness (QED) is 0.665. The molecule has 1 saturated heterocycles. The van der Waals surface area contributed by atoms with Gasteiger partial charge in [0.05, 0.1) is 25.8 Å². The second-order valence-electron chi connectivity index (χ2n) is 7.56. The van der Waals surface area contributed by atoms with E-state index in [9.17, 15) is 4.79 Å². The number of rotatable bonds is 8. The van der Waals surface area contributed by atoms with Gasteiger partial charge in [-0.05, 0) is 31.6 Å². The molecule has 1 aliphatic heterocycles. The Morgan fingerprint density at radius 3 is 2.52 bits per heavy atom. The summed E-state index contributed by atoms with van der Waals surface area (Å²) < 4.78 is 5.38. The van der Waals surface area contributed by atoms with Crippen molar-refractivity contribution in [2.75, 3.05) is 59.5 Å². The van der Waals surface area contributed by atoms with E-state index in [1.54, 1.807) is 0 Å². The topological polar surface area (TPSA) is 59.8 Å². The van der Waals surface area contributed by atoms with Gasteiger partial charge in [0.25, 0.3) is 0 Å². The van der Waals surface area contributed by atoms with Crippen molar-refractivity contribution in [2.24, 2.45) is 5.92 Å². The number of hydrogen-bond acceptors (Lipinski definition) is 5. The average molecular weight is 351 g/mol. The Balaban J connectivity index is 1.79. The molecule has 0 bridgehead atoms. The van der Waals surface area contributed by atoms with Crippen LogP contribution in [0.3, 0.4) is 0 Å². The maximum Gasteiger partial charge on any atom is 0.236 e. The van der Waals surface area contributed by atoms with E-state index in [-0.39, 0.29) is 5.91 Å². The van der Waals surface area contributed by atoms with Crippen molar-refractivity contribution in [3.05, 3.63) is 0 Å². The van der Waals surface area contributed by atoms with Crippen LogP contribution >= 0.6 is 0 Å². The van der Waals surface area contributed by atoms with Gasteiger partial charge in [-0.3, -0.25) is 14.6 Å². The third-order valence-electron chi connectivity index (χ3n) is 5.66. The third-order valence-corrected chi connectivity index (χ3v) is 5.66. The molecule has 0 spiro atoms. The number of ether oxygens (including phenoxy) is 1. The molecule has 0 aromatic rings. The Morgan fingerprint density at radius 2 is 1.88 bits per heavy atom. The van der Waals surface area contributed by atoms with Gasteiger partial charge in [0.1, 0.15) is 0 Å². The van der Waals surface area contributed by atoms with Crippen LogP contribution in [0.4, 0.5) is 0 Å². The van der Waals surface area contributed by atoms with Gasteiger partial charge in [-0.1, -0.05) is 6.92 Å². The van der Waals surface area contributed by atoms with Crippen LogP contribution < -0.4 is 0 Å². The van der Waals surface area contributed by atoms with Crippen LogP contribution in [0.25, 0.3) is 0 Å². The molecule has 0 radical (unpaired) electrons. The number of likely N-dealkylation sites (N-methyl/N-ethyl adjacent to an activating group) is 1. The first kappa shape index (κ1) is 20.2. The lowest BCUT2D eigenvalue weighted by Crippen LogP contribution is -2.47. The van der Waals surface area contributed by atoms with E-state index in [0.29, 0.717) is 25.6 Å². The molecule has 0 aromatic heterocycles. The van der Waals surface area contributed by atoms with Crippen LogP contribution in [0.15, 0.2) is 0 Å². The SMILES string of the molecule is CC1CCC(N(C)C(=O)CN(CCC#N)CCN2CCOCC2)CC1. The first-order valence-corrected chi connectivity index (χ1v) is 9.75. The Morgan fingerprint density at radius 1 is 1.20 bits per heavy atom. The number of nitriles is 1. The van der Waals surface area contributed by atoms with Crippen molar-refractivity contribution in [1.82, 2.24) is 14.7 Å². The largest absolute Gasteiger partial charge is 0.379 e. The predicted octanol–water partition coefficient (Wildman–Crippen LogP) is 1.57. The molecule has 0 unspecified atom stereocenters. The standard InChI is InChI=1S/C19H34N4O2/c1-17-4-6-18(7-5-17)21(2)19(24)16-23(9-3-8-20)11-10-22-12-14-25-15-13-22/h17-18H,3-7,9-16H2,1-2H3. The Labute approximate surface area is 152 Å². The number of carbonyl (C=O) groups is 1. The maximum absolute atomic E-state index is 12.7. The van der Waals surface area contributed by atoms with Crippen LogP contribution in [0.2, 0.25) is 0 Å². The smallest absolute Gasteiger partial charge is 0.236 e. The van der Waals surface area contributed by atoms with E-state index in [1.165, 1.54) is 12.8 Å². The predicted molar refractivity (Wildman–Crippen MR) is 98.1 cm³/mol. The van der Waals surface area contributed by atoms with E-state index in [1.807, 2.05) is 11.9 Å². The lowest BCUT2D eigenvalue weighted by atomic mass is 9.87. The fourth-order valence-electron chi connectivity index (χ4n) is 3.72. The minimum atomic E-state index is 0.194. The Bertz CT molecular complexity index is 437. The van der Waals surface area contributed by atoms with E-state index in [2.05, 4.69) is 22.8 Å². The highest BCUT2D eigenvalue weighted by Crippen LogP contribution is 2.26. The summed E-state index contributed by atoms with van der Waals surface area (Å²) in [6.07, 6.45) is 5.15. The maximum atomic E-state index is 12.7. The number of amides is 1. The van der Waals surface area contributed by atoms with Crippen molar-refractivity contribution >= 4 is 5.91 Å². The first-order valence-electron chi connectivity index (χ1n) is 9.75. The summed E-state index contributed by atoms with van der Waals surface area (Å²) in [4.78, 5) is 19.2. The number of hydrogen-bond donors (Lipinski definition) is 0. The van der Waals surface area contributed by atoms with Crippen molar-refractivity contribution in [3.63, 3.8) is 0 Å². The normalized spacial score (nSPS) is 24.9. The molecule has 142 valence electrons. The van der Waals surface area contributed by atoms with E-state index in [4.69, 9.17) is 10.00 Å². The zero-order valence-electron chi connectivity index (χ0n) is 16.0. The van der Waals surface area contributed by atoms with Crippen molar-refractivity contribution in [3.8, 4) is 6.07 Å². The van der Waals surface area contributed by atoms with E-state index < -0.39 is 0 Å². The molecule has 1 aliphatic carbocycles. The van der Waals surface area contributed by atoms with Crippen molar-refractivity contribution in [1.29, 1.82) is 5.26 Å². The minimum Gasteiger partial charge on any atom is -0.379 e. The molecule has 0 aromatic carbocycles. The molecule has 1 amide bonds. The van der Waals surface area contributed by atoms with Gasteiger partial charge in [-0.15, -0.1) is 0 Å². The third kappa shape index (κ3) is 6.93. The highest BCUT2D eigenvalue weighted by Gasteiger charge is 2.25. The monoisotopic (exact) mass is 350 g/mol. The number of nitrogens with zero attached hydrogens (tertiary/aromatic N) is 4. The molecule has 6 nitrogen and oxygen atoms in total. The summed E-state index contributed by atoms with van der Waals surface area (Å²) in [6.45, 7) is 8.67. The molecule has 2 fully saturated rings. The van der Waals surface area contributed by atoms with Gasteiger partial charge in [0, 0.05) is 52.2 Å². The van der Waals surface area contributed by atoms with Gasteiger partial charge in [-0.2, -0.15) is 5.26 Å². The molecule has 25 heavy (non-hydrogen) atoms. The van der Waals surface area contributed by atoms with Crippen LogP contribution in [-0.2, 0) is 9.53 Å². The highest BCUT2D eigenvalue weighted by atomic mass is 16.5. The number of carbonyl (C=O) groups excluding carboxylic acids is 1. The molecule has 6 heteroatoms. The van der Waals surface area contributed by atoms with Crippen molar-refractivity contribution < 1.29 is 9.53 Å². The zero-order valence-corrected chi connectivity index (χ0v) is 16.0. The Hall–Kier alpha value is -1.16. The average Bonchev–Trinajstić information content (AvgIpc) is 2.64. The van der Waals surface area contributed by atoms with Gasteiger partial charge >= 0.3 is 0 Å². The molecule has 2 aliphatic rings. The summed E-state index contributed by atoms with van der Waals surface area (Å²) in [6, 6.07) is 2.60. The lowest BCUT2D eigenvalue weighted by Gasteiger charge is -2.35. The van der Waals surface area contributed by atoms with Crippen LogP contribution in [0.5, 0.6) is 0 Å². The molecule has 0 atom stereocenters. The minimum absolute atomic E-state index is 0.194. The number of morpholine rings is 1. The fourth-order valence-corrected chi connectivity index (χ4v) is 3.72. The summed E-state index contributed by atoms with van der Waals surface area (Å²) in [5.74, 6) is 0.986. The van der Waals surface area contributed by atoms with Gasteiger partial charge in [0.15, 0.2) is 0 Å². The molecule has 1 heterocycles. The van der Waals surface area contributed by atoms with Gasteiger partial charge in [-0.25, -0.2) is 0 Å². The fraction of sp³-hybridized carbons (Fsp3) is 0.895. The van der Waals surface area contributed by atoms with Crippen LogP contribution in [0, 0.1) is 17.2 Å². The van der Waals surface area contributed by atoms with E-state index >= 15 is 0 Å². The zero-order chi connectivity index (χ0) is 18.1. The van der Waals surface area contributed by atoms with Gasteiger partial charge in [0.2, 0.25) is 5.91 Å². The van der Waals surface area contributed by atoms with Crippen molar-refractivity contribution in [2.45, 2.75) is 45.1 Å². The lowest BCUT2D eigenvalue weighted by molar-refractivity contribution is -0.134. The van der Waals surface area contributed by atoms with Crippen LogP contribution in [-0.4, -0.2) is 86.2 Å². The highest BCUT2D eigenvalue weighted by molar-refractivity contribution is 5.78. The molecule has 2 rings (SSSR count). The molecule has 0 N–H and O–H groups in total. The summed E-state index contributed by atoms with van der Waals surface area (Å²) in [7, 11) is 1.95. The van der Waals surface area contributed by atoms with E-state index in [0.717, 1.165) is 58.2 Å². The second-order valence-corrected chi connectivity index (χ2v) is 7.56.